The molecule has 6 nitrogen and oxygen atoms in total. The number of hydrogen-bond donors (Lipinski definition) is 0. The van der Waals surface area contributed by atoms with E-state index in [0.29, 0.717) is 36.4 Å². The van der Waals surface area contributed by atoms with Crippen LogP contribution in [0.25, 0.3) is 22.8 Å². The van der Waals surface area contributed by atoms with Gasteiger partial charge in [0.25, 0.3) is 5.89 Å². The van der Waals surface area contributed by atoms with Gasteiger partial charge < -0.3 is 14.0 Å². The maximum absolute atomic E-state index is 5.64. The van der Waals surface area contributed by atoms with E-state index in [2.05, 4.69) is 15.1 Å². The second kappa shape index (κ2) is 7.12. The highest BCUT2D eigenvalue weighted by Gasteiger charge is 2.14. The molecule has 0 saturated carbocycles. The molecule has 0 unspecified atom stereocenters. The van der Waals surface area contributed by atoms with Gasteiger partial charge in [-0.2, -0.15) is 4.98 Å². The molecule has 0 radical (unpaired) electrons. The smallest absolute Gasteiger partial charge is 0.258 e. The Morgan fingerprint density at radius 1 is 0.958 bits per heavy atom. The second-order valence-corrected chi connectivity index (χ2v) is 5.14. The van der Waals surface area contributed by atoms with E-state index >= 15 is 0 Å². The van der Waals surface area contributed by atoms with Gasteiger partial charge in [-0.25, -0.2) is 0 Å². The van der Waals surface area contributed by atoms with Crippen LogP contribution in [-0.2, 0) is 0 Å². The highest BCUT2D eigenvalue weighted by molar-refractivity contribution is 5.63. The lowest BCUT2D eigenvalue weighted by molar-refractivity contribution is 0.288. The Kier molecular flexibility index (Phi) is 4.74. The lowest BCUT2D eigenvalue weighted by Crippen LogP contribution is -1.98. The molecule has 1 aromatic carbocycles. The number of benzene rings is 1. The molecule has 0 aliphatic carbocycles. The van der Waals surface area contributed by atoms with Crippen molar-refractivity contribution in [1.29, 1.82) is 0 Å². The molecule has 3 rings (SSSR count). The highest BCUT2D eigenvalue weighted by atomic mass is 16.5. The summed E-state index contributed by atoms with van der Waals surface area (Å²) in [5.41, 5.74) is 2.55. The average Bonchev–Trinajstić information content (AvgIpc) is 3.07. The molecule has 0 amide bonds. The molecule has 2 aromatic heterocycles. The summed E-state index contributed by atoms with van der Waals surface area (Å²) >= 11 is 0. The fourth-order valence-electron chi connectivity index (χ4n) is 2.33. The van der Waals surface area contributed by atoms with E-state index in [-0.39, 0.29) is 0 Å². The van der Waals surface area contributed by atoms with Crippen LogP contribution in [0, 0.1) is 6.92 Å². The van der Waals surface area contributed by atoms with Crippen molar-refractivity contribution in [3.05, 3.63) is 42.2 Å². The van der Waals surface area contributed by atoms with Crippen LogP contribution in [0.4, 0.5) is 0 Å². The minimum Gasteiger partial charge on any atom is -0.490 e. The third kappa shape index (κ3) is 3.37. The Morgan fingerprint density at radius 2 is 1.75 bits per heavy atom. The van der Waals surface area contributed by atoms with Gasteiger partial charge in [0.1, 0.15) is 0 Å². The lowest BCUT2D eigenvalue weighted by Gasteiger charge is -2.11. The van der Waals surface area contributed by atoms with E-state index in [1.54, 1.807) is 6.20 Å². The van der Waals surface area contributed by atoms with Crippen LogP contribution in [0.3, 0.4) is 0 Å². The number of hydrogen-bond acceptors (Lipinski definition) is 6. The van der Waals surface area contributed by atoms with Gasteiger partial charge in [-0.15, -0.1) is 0 Å². The van der Waals surface area contributed by atoms with Gasteiger partial charge in [-0.3, -0.25) is 4.98 Å². The molecule has 2 heterocycles. The average molecular weight is 325 g/mol. The standard InChI is InChI=1S/C18H19N3O3/c1-4-22-15-7-6-14(11-16(15)23-5-2)18-20-17(21-24-18)13-8-9-19-12(3)10-13/h6-11H,4-5H2,1-3H3. The van der Waals surface area contributed by atoms with Crippen molar-refractivity contribution in [2.75, 3.05) is 13.2 Å². The molecule has 6 heteroatoms. The zero-order valence-electron chi connectivity index (χ0n) is 13.9. The van der Waals surface area contributed by atoms with Crippen molar-refractivity contribution in [3.63, 3.8) is 0 Å². The monoisotopic (exact) mass is 325 g/mol. The van der Waals surface area contributed by atoms with Crippen LogP contribution in [0.1, 0.15) is 19.5 Å². The first kappa shape index (κ1) is 16.0. The van der Waals surface area contributed by atoms with Crippen molar-refractivity contribution in [1.82, 2.24) is 15.1 Å². The Labute approximate surface area is 140 Å². The van der Waals surface area contributed by atoms with E-state index in [1.165, 1.54) is 0 Å². The Bertz CT molecular complexity index is 830. The second-order valence-electron chi connectivity index (χ2n) is 5.14. The largest absolute Gasteiger partial charge is 0.490 e. The number of aromatic nitrogens is 3. The van der Waals surface area contributed by atoms with E-state index < -0.39 is 0 Å². The maximum atomic E-state index is 5.64. The molecule has 0 N–H and O–H groups in total. The summed E-state index contributed by atoms with van der Waals surface area (Å²) in [6, 6.07) is 9.35. The third-order valence-electron chi connectivity index (χ3n) is 3.37. The zero-order chi connectivity index (χ0) is 16.9. The molecular formula is C18H19N3O3. The predicted octanol–water partition coefficient (Wildman–Crippen LogP) is 3.90. The molecular weight excluding hydrogens is 306 g/mol. The molecule has 0 spiro atoms. The fourth-order valence-corrected chi connectivity index (χ4v) is 2.33. The molecule has 0 aliphatic heterocycles. The van der Waals surface area contributed by atoms with Gasteiger partial charge in [0, 0.05) is 23.0 Å². The van der Waals surface area contributed by atoms with Crippen LogP contribution in [0.5, 0.6) is 11.5 Å². The first-order valence-electron chi connectivity index (χ1n) is 7.88. The quantitative estimate of drug-likeness (QED) is 0.684. The topological polar surface area (TPSA) is 70.3 Å². The van der Waals surface area contributed by atoms with Crippen LogP contribution >= 0.6 is 0 Å². The van der Waals surface area contributed by atoms with Crippen LogP contribution in [0.2, 0.25) is 0 Å². The fraction of sp³-hybridized carbons (Fsp3) is 0.278. The first-order valence-corrected chi connectivity index (χ1v) is 7.88. The van der Waals surface area contributed by atoms with Gasteiger partial charge in [0.15, 0.2) is 11.5 Å². The Balaban J connectivity index is 1.93. The van der Waals surface area contributed by atoms with Gasteiger partial charge in [0.2, 0.25) is 5.82 Å². The number of ether oxygens (including phenoxy) is 2. The highest BCUT2D eigenvalue weighted by Crippen LogP contribution is 2.33. The van der Waals surface area contributed by atoms with Gasteiger partial charge >= 0.3 is 0 Å². The summed E-state index contributed by atoms with van der Waals surface area (Å²) in [5.74, 6) is 2.33. The van der Waals surface area contributed by atoms with Crippen LogP contribution in [0.15, 0.2) is 41.1 Å². The van der Waals surface area contributed by atoms with Crippen LogP contribution in [-0.4, -0.2) is 28.3 Å². The normalized spacial score (nSPS) is 10.6. The van der Waals surface area contributed by atoms with Crippen molar-refractivity contribution < 1.29 is 14.0 Å². The van der Waals surface area contributed by atoms with E-state index in [4.69, 9.17) is 14.0 Å². The predicted molar refractivity (Wildman–Crippen MR) is 90.0 cm³/mol. The number of rotatable bonds is 6. The van der Waals surface area contributed by atoms with E-state index in [0.717, 1.165) is 16.8 Å². The molecule has 0 saturated heterocycles. The molecule has 124 valence electrons. The van der Waals surface area contributed by atoms with Gasteiger partial charge in [-0.1, -0.05) is 5.16 Å². The summed E-state index contributed by atoms with van der Waals surface area (Å²) < 4.78 is 16.6. The number of aryl methyl sites for hydroxylation is 1. The first-order chi connectivity index (χ1) is 11.7. The van der Waals surface area contributed by atoms with E-state index in [9.17, 15) is 0 Å². The maximum Gasteiger partial charge on any atom is 0.258 e. The minimum atomic E-state index is 0.434. The Hall–Kier alpha value is -2.89. The molecule has 24 heavy (non-hydrogen) atoms. The molecule has 0 atom stereocenters. The SMILES string of the molecule is CCOc1ccc(-c2nc(-c3ccnc(C)c3)no2)cc1OCC. The van der Waals surface area contributed by atoms with Crippen molar-refractivity contribution in [2.24, 2.45) is 0 Å². The zero-order valence-corrected chi connectivity index (χ0v) is 13.9. The number of pyridine rings is 1. The minimum absolute atomic E-state index is 0.434. The summed E-state index contributed by atoms with van der Waals surface area (Å²) in [5, 5.41) is 4.05. The molecule has 0 fully saturated rings. The molecule has 0 bridgehead atoms. The summed E-state index contributed by atoms with van der Waals surface area (Å²) in [4.78, 5) is 8.64. The third-order valence-corrected chi connectivity index (χ3v) is 3.37. The van der Waals surface area contributed by atoms with Crippen molar-refractivity contribution in [2.45, 2.75) is 20.8 Å². The van der Waals surface area contributed by atoms with Crippen LogP contribution < -0.4 is 9.47 Å². The van der Waals surface area contributed by atoms with Gasteiger partial charge in [0.05, 0.1) is 13.2 Å². The summed E-state index contributed by atoms with van der Waals surface area (Å²) in [6.45, 7) is 6.91. The summed E-state index contributed by atoms with van der Waals surface area (Å²) in [6.07, 6.45) is 1.73. The molecule has 3 aromatic rings. The summed E-state index contributed by atoms with van der Waals surface area (Å²) in [7, 11) is 0. The van der Waals surface area contributed by atoms with Crippen molar-refractivity contribution >= 4 is 0 Å². The Morgan fingerprint density at radius 3 is 2.50 bits per heavy atom. The molecule has 0 aliphatic rings. The van der Waals surface area contributed by atoms with E-state index in [1.807, 2.05) is 51.1 Å². The van der Waals surface area contributed by atoms with Crippen molar-refractivity contribution in [3.8, 4) is 34.3 Å². The van der Waals surface area contributed by atoms with Gasteiger partial charge in [-0.05, 0) is 51.1 Å². The number of nitrogens with zero attached hydrogens (tertiary/aromatic N) is 3. The lowest BCUT2D eigenvalue weighted by atomic mass is 10.2.